The molecule has 0 spiro atoms. The first kappa shape index (κ1) is 12.4. The summed E-state index contributed by atoms with van der Waals surface area (Å²) in [5.41, 5.74) is 1.94. The van der Waals surface area contributed by atoms with E-state index in [1.165, 1.54) is 18.7 Å². The Hall–Kier alpha value is -2.08. The normalized spacial score (nSPS) is 10.1. The molecule has 1 N–H and O–H groups in total. The lowest BCUT2D eigenvalue weighted by atomic mass is 10.2. The van der Waals surface area contributed by atoms with Gasteiger partial charge in [-0.3, -0.25) is 10.1 Å². The number of nitro benzene ring substituents is 1. The molecule has 2 rings (SSSR count). The summed E-state index contributed by atoms with van der Waals surface area (Å²) in [4.78, 5) is 10.3. The Balaban J connectivity index is 2.12. The Bertz CT molecular complexity index is 540. The summed E-state index contributed by atoms with van der Waals surface area (Å²) in [6, 6.07) is 6.77. The van der Waals surface area contributed by atoms with Crippen molar-refractivity contribution >= 4 is 22.7 Å². The van der Waals surface area contributed by atoms with E-state index in [0.717, 1.165) is 5.69 Å². The van der Waals surface area contributed by atoms with Crippen LogP contribution < -0.4 is 10.1 Å². The highest BCUT2D eigenvalue weighted by molar-refractivity contribution is 7.07. The maximum absolute atomic E-state index is 10.7. The lowest BCUT2D eigenvalue weighted by Gasteiger charge is -2.07. The predicted octanol–water partition coefficient (Wildman–Crippen LogP) is 3.28. The SMILES string of the molecule is COc1cc(NCc2ccsc2)ccc1[N+](=O)[O-]. The third kappa shape index (κ3) is 2.78. The van der Waals surface area contributed by atoms with Gasteiger partial charge in [0.15, 0.2) is 5.75 Å². The molecule has 18 heavy (non-hydrogen) atoms. The van der Waals surface area contributed by atoms with Crippen molar-refractivity contribution in [1.29, 1.82) is 0 Å². The van der Waals surface area contributed by atoms with Gasteiger partial charge in [0.25, 0.3) is 0 Å². The summed E-state index contributed by atoms with van der Waals surface area (Å²) in [7, 11) is 1.42. The number of ether oxygens (including phenoxy) is 1. The molecule has 0 aliphatic rings. The largest absolute Gasteiger partial charge is 0.490 e. The van der Waals surface area contributed by atoms with E-state index in [2.05, 4.69) is 10.7 Å². The Morgan fingerprint density at radius 3 is 2.89 bits per heavy atom. The first-order valence-electron chi connectivity index (χ1n) is 5.28. The monoisotopic (exact) mass is 264 g/mol. The van der Waals surface area contributed by atoms with Crippen molar-refractivity contribution in [3.8, 4) is 5.75 Å². The van der Waals surface area contributed by atoms with Gasteiger partial charge in [0.2, 0.25) is 0 Å². The van der Waals surface area contributed by atoms with Gasteiger partial charge in [0.05, 0.1) is 12.0 Å². The predicted molar refractivity (Wildman–Crippen MR) is 71.3 cm³/mol. The lowest BCUT2D eigenvalue weighted by Crippen LogP contribution is -2.00. The van der Waals surface area contributed by atoms with Crippen molar-refractivity contribution in [1.82, 2.24) is 0 Å². The molecule has 1 aromatic heterocycles. The van der Waals surface area contributed by atoms with Crippen LogP contribution in [0.15, 0.2) is 35.0 Å². The van der Waals surface area contributed by atoms with Crippen LogP contribution >= 0.6 is 11.3 Å². The maximum atomic E-state index is 10.7. The lowest BCUT2D eigenvalue weighted by molar-refractivity contribution is -0.385. The molecule has 6 heteroatoms. The Kier molecular flexibility index (Phi) is 3.78. The van der Waals surface area contributed by atoms with E-state index in [4.69, 9.17) is 4.74 Å². The van der Waals surface area contributed by atoms with Crippen molar-refractivity contribution in [2.24, 2.45) is 0 Å². The molecule has 5 nitrogen and oxygen atoms in total. The molecule has 0 saturated carbocycles. The van der Waals surface area contributed by atoms with Crippen molar-refractivity contribution in [2.45, 2.75) is 6.54 Å². The van der Waals surface area contributed by atoms with Crippen LogP contribution in [0.1, 0.15) is 5.56 Å². The first-order chi connectivity index (χ1) is 8.70. The average molecular weight is 264 g/mol. The number of anilines is 1. The van der Waals surface area contributed by atoms with Crippen molar-refractivity contribution in [2.75, 3.05) is 12.4 Å². The van der Waals surface area contributed by atoms with Gasteiger partial charge in [-0.2, -0.15) is 11.3 Å². The zero-order valence-electron chi connectivity index (χ0n) is 9.75. The van der Waals surface area contributed by atoms with E-state index in [9.17, 15) is 10.1 Å². The number of nitrogens with zero attached hydrogens (tertiary/aromatic N) is 1. The van der Waals surface area contributed by atoms with E-state index in [1.807, 2.05) is 11.4 Å². The van der Waals surface area contributed by atoms with Gasteiger partial charge in [0.1, 0.15) is 0 Å². The molecule has 0 fully saturated rings. The third-order valence-electron chi connectivity index (χ3n) is 2.45. The highest BCUT2D eigenvalue weighted by Crippen LogP contribution is 2.29. The van der Waals surface area contributed by atoms with Gasteiger partial charge in [0, 0.05) is 24.4 Å². The van der Waals surface area contributed by atoms with Crippen molar-refractivity contribution in [3.05, 3.63) is 50.7 Å². The number of nitrogens with one attached hydrogen (secondary N) is 1. The summed E-state index contributed by atoms with van der Waals surface area (Å²) in [5.74, 6) is 0.260. The molecule has 0 bridgehead atoms. The van der Waals surface area contributed by atoms with Gasteiger partial charge < -0.3 is 10.1 Å². The zero-order chi connectivity index (χ0) is 13.0. The molecule has 0 aliphatic carbocycles. The van der Waals surface area contributed by atoms with Gasteiger partial charge in [-0.25, -0.2) is 0 Å². The van der Waals surface area contributed by atoms with Crippen LogP contribution in [-0.4, -0.2) is 12.0 Å². The molecular weight excluding hydrogens is 252 g/mol. The quantitative estimate of drug-likeness (QED) is 0.665. The number of methoxy groups -OCH3 is 1. The van der Waals surface area contributed by atoms with Gasteiger partial charge >= 0.3 is 5.69 Å². The fraction of sp³-hybridized carbons (Fsp3) is 0.167. The summed E-state index contributed by atoms with van der Waals surface area (Å²) in [6.07, 6.45) is 0. The maximum Gasteiger partial charge on any atom is 0.311 e. The Labute approximate surface area is 108 Å². The van der Waals surface area contributed by atoms with Crippen LogP contribution in [0.4, 0.5) is 11.4 Å². The summed E-state index contributed by atoms with van der Waals surface area (Å²) in [6.45, 7) is 0.685. The third-order valence-corrected chi connectivity index (χ3v) is 3.19. The average Bonchev–Trinajstić information content (AvgIpc) is 2.88. The number of hydrogen-bond donors (Lipinski definition) is 1. The standard InChI is InChI=1S/C12H12N2O3S/c1-17-12-6-10(2-3-11(12)14(15)16)13-7-9-4-5-18-8-9/h2-6,8,13H,7H2,1H3. The minimum absolute atomic E-state index is 0.0291. The molecule has 0 saturated heterocycles. The minimum atomic E-state index is -0.457. The van der Waals surface area contributed by atoms with Crippen LogP contribution in [-0.2, 0) is 6.54 Å². The molecule has 94 valence electrons. The van der Waals surface area contributed by atoms with Crippen molar-refractivity contribution < 1.29 is 9.66 Å². The molecular formula is C12H12N2O3S. The number of thiophene rings is 1. The number of nitro groups is 1. The molecule has 0 aliphatic heterocycles. The van der Waals surface area contributed by atoms with Gasteiger partial charge in [-0.1, -0.05) is 0 Å². The Morgan fingerprint density at radius 1 is 1.44 bits per heavy atom. The molecule has 0 amide bonds. The highest BCUT2D eigenvalue weighted by atomic mass is 32.1. The number of hydrogen-bond acceptors (Lipinski definition) is 5. The minimum Gasteiger partial charge on any atom is -0.490 e. The molecule has 1 aromatic carbocycles. The van der Waals surface area contributed by atoms with Crippen molar-refractivity contribution in [3.63, 3.8) is 0 Å². The summed E-state index contributed by atoms with van der Waals surface area (Å²) >= 11 is 1.63. The molecule has 1 heterocycles. The van der Waals surface area contributed by atoms with Crippen LogP contribution in [0, 0.1) is 10.1 Å². The van der Waals surface area contributed by atoms with E-state index >= 15 is 0 Å². The molecule has 0 atom stereocenters. The second-order valence-electron chi connectivity index (χ2n) is 3.63. The summed E-state index contributed by atoms with van der Waals surface area (Å²) < 4.78 is 5.00. The van der Waals surface area contributed by atoms with Gasteiger partial charge in [-0.15, -0.1) is 0 Å². The van der Waals surface area contributed by atoms with E-state index < -0.39 is 4.92 Å². The highest BCUT2D eigenvalue weighted by Gasteiger charge is 2.14. The zero-order valence-corrected chi connectivity index (χ0v) is 10.6. The number of rotatable bonds is 5. The smallest absolute Gasteiger partial charge is 0.311 e. The van der Waals surface area contributed by atoms with E-state index in [0.29, 0.717) is 6.54 Å². The molecule has 2 aromatic rings. The van der Waals surface area contributed by atoms with Crippen LogP contribution in [0.2, 0.25) is 0 Å². The molecule has 0 unspecified atom stereocenters. The second kappa shape index (κ2) is 5.50. The molecule has 0 radical (unpaired) electrons. The number of benzene rings is 1. The van der Waals surface area contributed by atoms with Crippen LogP contribution in [0.25, 0.3) is 0 Å². The topological polar surface area (TPSA) is 64.4 Å². The van der Waals surface area contributed by atoms with E-state index in [-0.39, 0.29) is 11.4 Å². The second-order valence-corrected chi connectivity index (χ2v) is 4.41. The fourth-order valence-electron chi connectivity index (χ4n) is 1.54. The summed E-state index contributed by atoms with van der Waals surface area (Å²) in [5, 5.41) is 18.0. The van der Waals surface area contributed by atoms with Crippen LogP contribution in [0.3, 0.4) is 0 Å². The fourth-order valence-corrected chi connectivity index (χ4v) is 2.20. The van der Waals surface area contributed by atoms with E-state index in [1.54, 1.807) is 23.5 Å². The Morgan fingerprint density at radius 2 is 2.28 bits per heavy atom. The van der Waals surface area contributed by atoms with Gasteiger partial charge in [-0.05, 0) is 28.5 Å². The first-order valence-corrected chi connectivity index (χ1v) is 6.22. The van der Waals surface area contributed by atoms with Crippen LogP contribution in [0.5, 0.6) is 5.75 Å².